The fourth-order valence-electron chi connectivity index (χ4n) is 2.19. The second-order valence-corrected chi connectivity index (χ2v) is 5.58. The van der Waals surface area contributed by atoms with Crippen molar-refractivity contribution in [3.05, 3.63) is 58.1 Å². The van der Waals surface area contributed by atoms with Crippen molar-refractivity contribution in [3.63, 3.8) is 0 Å². The summed E-state index contributed by atoms with van der Waals surface area (Å²) in [5.74, 6) is 0.278. The van der Waals surface area contributed by atoms with Crippen molar-refractivity contribution >= 4 is 29.1 Å². The van der Waals surface area contributed by atoms with Crippen LogP contribution in [0.25, 0.3) is 22.4 Å². The SMILES string of the molecule is Cc1cc(-c2noc(N)c2-c2ccc(Cl)cc2)ccc1Cl. The summed E-state index contributed by atoms with van der Waals surface area (Å²) < 4.78 is 5.17. The summed E-state index contributed by atoms with van der Waals surface area (Å²) in [6.07, 6.45) is 0. The third kappa shape index (κ3) is 2.62. The van der Waals surface area contributed by atoms with E-state index in [2.05, 4.69) is 5.16 Å². The first-order valence-corrected chi connectivity index (χ1v) is 7.09. The van der Waals surface area contributed by atoms with Gasteiger partial charge < -0.3 is 10.3 Å². The van der Waals surface area contributed by atoms with Gasteiger partial charge in [-0.1, -0.05) is 46.6 Å². The fourth-order valence-corrected chi connectivity index (χ4v) is 2.43. The lowest BCUT2D eigenvalue weighted by Gasteiger charge is -2.05. The molecule has 3 nitrogen and oxygen atoms in total. The highest BCUT2D eigenvalue weighted by Gasteiger charge is 2.17. The Morgan fingerprint density at radius 1 is 1.00 bits per heavy atom. The van der Waals surface area contributed by atoms with Gasteiger partial charge in [0.2, 0.25) is 5.88 Å². The Morgan fingerprint density at radius 2 is 1.67 bits per heavy atom. The number of halogens is 2. The molecule has 0 aliphatic carbocycles. The van der Waals surface area contributed by atoms with Gasteiger partial charge in [-0.15, -0.1) is 0 Å². The molecule has 0 aliphatic rings. The molecule has 3 rings (SSSR count). The van der Waals surface area contributed by atoms with E-state index in [-0.39, 0.29) is 5.88 Å². The smallest absolute Gasteiger partial charge is 0.230 e. The minimum absolute atomic E-state index is 0.278. The Hall–Kier alpha value is -1.97. The van der Waals surface area contributed by atoms with Gasteiger partial charge in [0.15, 0.2) is 0 Å². The van der Waals surface area contributed by atoms with Gasteiger partial charge in [-0.3, -0.25) is 0 Å². The van der Waals surface area contributed by atoms with Gasteiger partial charge in [-0.25, -0.2) is 0 Å². The molecule has 0 atom stereocenters. The number of aromatic nitrogens is 1. The summed E-state index contributed by atoms with van der Waals surface area (Å²) in [5.41, 5.74) is 10.2. The molecule has 0 unspecified atom stereocenters. The predicted octanol–water partition coefficient (Wildman–Crippen LogP) is 5.21. The molecule has 0 radical (unpaired) electrons. The number of nitrogen functional groups attached to an aromatic ring is 1. The number of benzene rings is 2. The molecule has 3 aromatic rings. The molecular weight excluding hydrogens is 307 g/mol. The van der Waals surface area contributed by atoms with E-state index in [1.807, 2.05) is 37.3 Å². The van der Waals surface area contributed by atoms with E-state index in [0.29, 0.717) is 15.7 Å². The first-order chi connectivity index (χ1) is 10.1. The summed E-state index contributed by atoms with van der Waals surface area (Å²) >= 11 is 12.0. The molecule has 0 saturated heterocycles. The quantitative estimate of drug-likeness (QED) is 0.706. The van der Waals surface area contributed by atoms with E-state index < -0.39 is 0 Å². The van der Waals surface area contributed by atoms with Gasteiger partial charge in [0.25, 0.3) is 0 Å². The molecule has 106 valence electrons. The van der Waals surface area contributed by atoms with Crippen molar-refractivity contribution in [2.24, 2.45) is 0 Å². The number of nitrogens with zero attached hydrogens (tertiary/aromatic N) is 1. The summed E-state index contributed by atoms with van der Waals surface area (Å²) in [6.45, 7) is 1.94. The topological polar surface area (TPSA) is 52.0 Å². The minimum Gasteiger partial charge on any atom is -0.367 e. The number of anilines is 1. The maximum atomic E-state index is 6.06. The zero-order valence-corrected chi connectivity index (χ0v) is 12.7. The van der Waals surface area contributed by atoms with Crippen molar-refractivity contribution < 1.29 is 4.52 Å². The van der Waals surface area contributed by atoms with E-state index in [0.717, 1.165) is 22.3 Å². The molecule has 1 aromatic heterocycles. The van der Waals surface area contributed by atoms with Crippen molar-refractivity contribution in [3.8, 4) is 22.4 Å². The van der Waals surface area contributed by atoms with Crippen LogP contribution in [0.15, 0.2) is 47.0 Å². The van der Waals surface area contributed by atoms with E-state index in [1.54, 1.807) is 12.1 Å². The maximum absolute atomic E-state index is 6.06. The highest BCUT2D eigenvalue weighted by molar-refractivity contribution is 6.31. The van der Waals surface area contributed by atoms with Crippen molar-refractivity contribution in [1.29, 1.82) is 0 Å². The Kier molecular flexibility index (Phi) is 3.62. The Morgan fingerprint density at radius 3 is 2.33 bits per heavy atom. The number of rotatable bonds is 2. The van der Waals surface area contributed by atoms with E-state index in [1.165, 1.54) is 0 Å². The van der Waals surface area contributed by atoms with E-state index in [9.17, 15) is 0 Å². The molecule has 0 amide bonds. The molecule has 0 spiro atoms. The molecule has 0 saturated carbocycles. The average molecular weight is 319 g/mol. The Balaban J connectivity index is 2.16. The van der Waals surface area contributed by atoms with Gasteiger partial charge in [0.1, 0.15) is 5.69 Å². The third-order valence-corrected chi connectivity index (χ3v) is 3.96. The largest absolute Gasteiger partial charge is 0.367 e. The van der Waals surface area contributed by atoms with Crippen molar-refractivity contribution in [2.75, 3.05) is 5.73 Å². The minimum atomic E-state index is 0.278. The van der Waals surface area contributed by atoms with Crippen LogP contribution in [0.5, 0.6) is 0 Å². The van der Waals surface area contributed by atoms with Crippen LogP contribution in [-0.4, -0.2) is 5.16 Å². The van der Waals surface area contributed by atoms with Crippen LogP contribution in [0.1, 0.15) is 5.56 Å². The van der Waals surface area contributed by atoms with Crippen LogP contribution in [0.3, 0.4) is 0 Å². The lowest BCUT2D eigenvalue weighted by Crippen LogP contribution is -1.88. The fraction of sp³-hybridized carbons (Fsp3) is 0.0625. The van der Waals surface area contributed by atoms with E-state index in [4.69, 9.17) is 33.5 Å². The second kappa shape index (κ2) is 5.43. The van der Waals surface area contributed by atoms with Gasteiger partial charge in [0, 0.05) is 15.6 Å². The first-order valence-electron chi connectivity index (χ1n) is 6.34. The van der Waals surface area contributed by atoms with Gasteiger partial charge in [0.05, 0.1) is 5.56 Å². The molecule has 0 bridgehead atoms. The van der Waals surface area contributed by atoms with Crippen LogP contribution < -0.4 is 5.73 Å². The number of hydrogen-bond donors (Lipinski definition) is 1. The molecular formula is C16H12Cl2N2O. The predicted molar refractivity (Wildman–Crippen MR) is 86.5 cm³/mol. The molecule has 2 aromatic carbocycles. The standard InChI is InChI=1S/C16H12Cl2N2O/c1-9-8-11(4-7-13(9)18)15-14(16(19)21-20-15)10-2-5-12(17)6-3-10/h2-8H,19H2,1H3. The lowest BCUT2D eigenvalue weighted by molar-refractivity contribution is 0.439. The van der Waals surface area contributed by atoms with Crippen LogP contribution in [0.2, 0.25) is 10.0 Å². The Bertz CT molecular complexity index is 795. The zero-order chi connectivity index (χ0) is 15.0. The van der Waals surface area contributed by atoms with Crippen LogP contribution in [-0.2, 0) is 0 Å². The summed E-state index contributed by atoms with van der Waals surface area (Å²) in [7, 11) is 0. The maximum Gasteiger partial charge on any atom is 0.230 e. The Labute approximate surface area is 132 Å². The summed E-state index contributed by atoms with van der Waals surface area (Å²) in [4.78, 5) is 0. The van der Waals surface area contributed by atoms with Gasteiger partial charge in [-0.05, 0) is 42.3 Å². The second-order valence-electron chi connectivity index (χ2n) is 4.74. The average Bonchev–Trinajstić information content (AvgIpc) is 2.85. The number of nitrogens with two attached hydrogens (primary N) is 1. The van der Waals surface area contributed by atoms with Crippen LogP contribution in [0.4, 0.5) is 5.88 Å². The van der Waals surface area contributed by atoms with Crippen LogP contribution in [0, 0.1) is 6.92 Å². The van der Waals surface area contributed by atoms with Crippen LogP contribution >= 0.6 is 23.2 Å². The number of hydrogen-bond acceptors (Lipinski definition) is 3. The molecule has 1 heterocycles. The molecule has 0 aliphatic heterocycles. The molecule has 0 fully saturated rings. The monoisotopic (exact) mass is 318 g/mol. The van der Waals surface area contributed by atoms with E-state index >= 15 is 0 Å². The molecule has 2 N–H and O–H groups in total. The molecule has 5 heteroatoms. The van der Waals surface area contributed by atoms with Crippen molar-refractivity contribution in [2.45, 2.75) is 6.92 Å². The third-order valence-electron chi connectivity index (χ3n) is 3.28. The molecule has 21 heavy (non-hydrogen) atoms. The first kappa shape index (κ1) is 14.0. The lowest BCUT2D eigenvalue weighted by atomic mass is 10.00. The normalized spacial score (nSPS) is 10.8. The summed E-state index contributed by atoms with van der Waals surface area (Å²) in [6, 6.07) is 13.1. The zero-order valence-electron chi connectivity index (χ0n) is 11.2. The summed E-state index contributed by atoms with van der Waals surface area (Å²) in [5, 5.41) is 5.46. The number of aryl methyl sites for hydroxylation is 1. The van der Waals surface area contributed by atoms with Gasteiger partial charge >= 0.3 is 0 Å². The highest BCUT2D eigenvalue weighted by Crippen LogP contribution is 2.37. The van der Waals surface area contributed by atoms with Gasteiger partial charge in [-0.2, -0.15) is 0 Å². The van der Waals surface area contributed by atoms with Crippen molar-refractivity contribution in [1.82, 2.24) is 5.16 Å². The highest BCUT2D eigenvalue weighted by atomic mass is 35.5.